The number of carbonyl (C=O) groups is 1. The fourth-order valence-corrected chi connectivity index (χ4v) is 3.13. The number of halogens is 1. The molecule has 0 bridgehead atoms. The van der Waals surface area contributed by atoms with E-state index in [2.05, 4.69) is 0 Å². The van der Waals surface area contributed by atoms with Gasteiger partial charge in [0.2, 0.25) is 5.91 Å². The van der Waals surface area contributed by atoms with Crippen LogP contribution in [0.3, 0.4) is 0 Å². The molecular formula is C15H19FN2O. The molecule has 0 radical (unpaired) electrons. The maximum absolute atomic E-state index is 12.9. The van der Waals surface area contributed by atoms with Crippen molar-refractivity contribution in [1.29, 1.82) is 0 Å². The van der Waals surface area contributed by atoms with Gasteiger partial charge in [0.15, 0.2) is 0 Å². The summed E-state index contributed by atoms with van der Waals surface area (Å²) < 4.78 is 12.9. The van der Waals surface area contributed by atoms with Crippen molar-refractivity contribution in [2.24, 2.45) is 11.7 Å². The summed E-state index contributed by atoms with van der Waals surface area (Å²) >= 11 is 0. The third-order valence-corrected chi connectivity index (χ3v) is 4.34. The maximum Gasteiger partial charge on any atom is 0.226 e. The summed E-state index contributed by atoms with van der Waals surface area (Å²) in [4.78, 5) is 14.4. The zero-order valence-electron chi connectivity index (χ0n) is 10.9. The molecule has 1 amide bonds. The van der Waals surface area contributed by atoms with Crippen LogP contribution in [0.1, 0.15) is 30.7 Å². The standard InChI is InChI=1S/C15H19FN2O/c16-11-5-3-10(4-6-11)13-8-14(13)15(19)18-7-1-2-12(18)9-17/h3-6,12-14H,1-2,7-9,17H2. The molecule has 19 heavy (non-hydrogen) atoms. The van der Waals surface area contributed by atoms with Gasteiger partial charge in [-0.05, 0) is 42.9 Å². The summed E-state index contributed by atoms with van der Waals surface area (Å²) in [5.41, 5.74) is 6.78. The molecule has 102 valence electrons. The van der Waals surface area contributed by atoms with Crippen LogP contribution in [0.5, 0.6) is 0 Å². The minimum absolute atomic E-state index is 0.0811. The Morgan fingerprint density at radius 1 is 1.37 bits per heavy atom. The van der Waals surface area contributed by atoms with Crippen molar-refractivity contribution in [3.63, 3.8) is 0 Å². The summed E-state index contributed by atoms with van der Waals surface area (Å²) in [6, 6.07) is 6.73. The van der Waals surface area contributed by atoms with Crippen LogP contribution >= 0.6 is 0 Å². The minimum Gasteiger partial charge on any atom is -0.338 e. The number of benzene rings is 1. The van der Waals surface area contributed by atoms with E-state index in [1.54, 1.807) is 12.1 Å². The first-order valence-electron chi connectivity index (χ1n) is 6.96. The van der Waals surface area contributed by atoms with E-state index in [0.29, 0.717) is 6.54 Å². The molecule has 1 heterocycles. The Bertz CT molecular complexity index is 474. The molecule has 2 N–H and O–H groups in total. The van der Waals surface area contributed by atoms with Gasteiger partial charge in [-0.3, -0.25) is 4.79 Å². The highest BCUT2D eigenvalue weighted by molar-refractivity contribution is 5.83. The SMILES string of the molecule is NCC1CCCN1C(=O)C1CC1c1ccc(F)cc1. The third-order valence-electron chi connectivity index (χ3n) is 4.34. The van der Waals surface area contributed by atoms with Crippen LogP contribution < -0.4 is 5.73 Å². The molecule has 3 atom stereocenters. The van der Waals surface area contributed by atoms with E-state index in [9.17, 15) is 9.18 Å². The molecule has 1 saturated carbocycles. The van der Waals surface area contributed by atoms with Gasteiger partial charge in [-0.1, -0.05) is 12.1 Å². The Morgan fingerprint density at radius 2 is 2.11 bits per heavy atom. The first kappa shape index (κ1) is 12.6. The normalized spacial score (nSPS) is 29.6. The van der Waals surface area contributed by atoms with E-state index >= 15 is 0 Å². The lowest BCUT2D eigenvalue weighted by molar-refractivity contribution is -0.133. The third kappa shape index (κ3) is 2.37. The van der Waals surface area contributed by atoms with E-state index in [4.69, 9.17) is 5.73 Å². The van der Waals surface area contributed by atoms with Gasteiger partial charge < -0.3 is 10.6 Å². The zero-order chi connectivity index (χ0) is 13.4. The van der Waals surface area contributed by atoms with Gasteiger partial charge in [-0.2, -0.15) is 0 Å². The van der Waals surface area contributed by atoms with Crippen LogP contribution in [0.15, 0.2) is 24.3 Å². The predicted octanol–water partition coefficient (Wildman–Crippen LogP) is 1.88. The van der Waals surface area contributed by atoms with E-state index in [-0.39, 0.29) is 29.6 Å². The molecular weight excluding hydrogens is 243 g/mol. The van der Waals surface area contributed by atoms with Crippen LogP contribution in [0.2, 0.25) is 0 Å². The number of rotatable bonds is 3. The van der Waals surface area contributed by atoms with Crippen molar-refractivity contribution in [2.75, 3.05) is 13.1 Å². The molecule has 3 nitrogen and oxygen atoms in total. The molecule has 0 aromatic heterocycles. The first-order chi connectivity index (χ1) is 9.20. The molecule has 1 saturated heterocycles. The van der Waals surface area contributed by atoms with Crippen molar-refractivity contribution >= 4 is 5.91 Å². The Hall–Kier alpha value is -1.42. The Morgan fingerprint density at radius 3 is 2.79 bits per heavy atom. The van der Waals surface area contributed by atoms with E-state index in [0.717, 1.165) is 31.4 Å². The number of amides is 1. The molecule has 2 fully saturated rings. The van der Waals surface area contributed by atoms with Crippen LogP contribution in [-0.2, 0) is 4.79 Å². The molecule has 1 aliphatic heterocycles. The highest BCUT2D eigenvalue weighted by Crippen LogP contribution is 2.49. The summed E-state index contributed by atoms with van der Waals surface area (Å²) in [5, 5.41) is 0. The largest absolute Gasteiger partial charge is 0.338 e. The molecule has 1 aliphatic carbocycles. The van der Waals surface area contributed by atoms with Crippen molar-refractivity contribution in [2.45, 2.75) is 31.2 Å². The topological polar surface area (TPSA) is 46.3 Å². The highest BCUT2D eigenvalue weighted by Gasteiger charge is 2.47. The molecule has 4 heteroatoms. The number of carbonyl (C=O) groups excluding carboxylic acids is 1. The lowest BCUT2D eigenvalue weighted by Crippen LogP contribution is -2.40. The molecule has 3 rings (SSSR count). The van der Waals surface area contributed by atoms with E-state index < -0.39 is 0 Å². The maximum atomic E-state index is 12.9. The quantitative estimate of drug-likeness (QED) is 0.904. The lowest BCUT2D eigenvalue weighted by Gasteiger charge is -2.23. The average molecular weight is 262 g/mol. The van der Waals surface area contributed by atoms with Crippen molar-refractivity contribution in [1.82, 2.24) is 4.90 Å². The average Bonchev–Trinajstić information content (AvgIpc) is 3.07. The fourth-order valence-electron chi connectivity index (χ4n) is 3.13. The Labute approximate surface area is 112 Å². The fraction of sp³-hybridized carbons (Fsp3) is 0.533. The second-order valence-electron chi connectivity index (χ2n) is 5.56. The second-order valence-corrected chi connectivity index (χ2v) is 5.56. The van der Waals surface area contributed by atoms with Gasteiger partial charge in [0.1, 0.15) is 5.82 Å². The monoisotopic (exact) mass is 262 g/mol. The predicted molar refractivity (Wildman–Crippen MR) is 71.0 cm³/mol. The van der Waals surface area contributed by atoms with Crippen LogP contribution in [0.4, 0.5) is 4.39 Å². The van der Waals surface area contributed by atoms with Gasteiger partial charge in [-0.25, -0.2) is 4.39 Å². The molecule has 1 aromatic carbocycles. The van der Waals surface area contributed by atoms with E-state index in [1.165, 1.54) is 12.1 Å². The van der Waals surface area contributed by atoms with Crippen LogP contribution in [0, 0.1) is 11.7 Å². The lowest BCUT2D eigenvalue weighted by atomic mass is 10.1. The Balaban J connectivity index is 1.66. The van der Waals surface area contributed by atoms with Gasteiger partial charge >= 0.3 is 0 Å². The summed E-state index contributed by atoms with van der Waals surface area (Å²) in [6.07, 6.45) is 2.97. The van der Waals surface area contributed by atoms with Gasteiger partial charge in [0.05, 0.1) is 0 Å². The van der Waals surface area contributed by atoms with Crippen molar-refractivity contribution in [3.8, 4) is 0 Å². The van der Waals surface area contributed by atoms with Gasteiger partial charge in [-0.15, -0.1) is 0 Å². The molecule has 1 aromatic rings. The van der Waals surface area contributed by atoms with E-state index in [1.807, 2.05) is 4.90 Å². The van der Waals surface area contributed by atoms with Crippen LogP contribution in [-0.4, -0.2) is 29.9 Å². The summed E-state index contributed by atoms with van der Waals surface area (Å²) in [7, 11) is 0. The Kier molecular flexibility index (Phi) is 3.27. The smallest absolute Gasteiger partial charge is 0.226 e. The number of hydrogen-bond donors (Lipinski definition) is 1. The molecule has 3 unspecified atom stereocenters. The molecule has 2 aliphatic rings. The summed E-state index contributed by atoms with van der Waals surface area (Å²) in [5.74, 6) is 0.363. The van der Waals surface area contributed by atoms with Crippen LogP contribution in [0.25, 0.3) is 0 Å². The second kappa shape index (κ2) is 4.93. The minimum atomic E-state index is -0.227. The summed E-state index contributed by atoms with van der Waals surface area (Å²) in [6.45, 7) is 1.40. The molecule has 0 spiro atoms. The number of nitrogens with two attached hydrogens (primary N) is 1. The van der Waals surface area contributed by atoms with Crippen molar-refractivity contribution in [3.05, 3.63) is 35.6 Å². The van der Waals surface area contributed by atoms with Gasteiger partial charge in [0.25, 0.3) is 0 Å². The zero-order valence-corrected chi connectivity index (χ0v) is 10.9. The number of nitrogens with zero attached hydrogens (tertiary/aromatic N) is 1. The number of hydrogen-bond acceptors (Lipinski definition) is 2. The highest BCUT2D eigenvalue weighted by atomic mass is 19.1. The first-order valence-corrected chi connectivity index (χ1v) is 6.96. The van der Waals surface area contributed by atoms with Gasteiger partial charge in [0, 0.05) is 25.0 Å². The number of likely N-dealkylation sites (tertiary alicyclic amines) is 1. The van der Waals surface area contributed by atoms with Crippen molar-refractivity contribution < 1.29 is 9.18 Å².